The molecule has 0 fully saturated rings. The van der Waals surface area contributed by atoms with E-state index in [0.29, 0.717) is 0 Å². The van der Waals surface area contributed by atoms with Crippen LogP contribution in [0.2, 0.25) is 0 Å². The predicted octanol–water partition coefficient (Wildman–Crippen LogP) is -0.344. The van der Waals surface area contributed by atoms with Gasteiger partial charge in [-0.1, -0.05) is 0 Å². The highest BCUT2D eigenvalue weighted by molar-refractivity contribution is 7.91. The number of ether oxygens (including phenoxy) is 1. The fourth-order valence-electron chi connectivity index (χ4n) is 1.19. The molecule has 0 saturated carbocycles. The largest absolute Gasteiger partial charge is 0.493 e. The van der Waals surface area contributed by atoms with Crippen LogP contribution in [-0.4, -0.2) is 43.1 Å². The third kappa shape index (κ3) is 2.79. The average molecular weight is 232 g/mol. The Labute approximate surface area is 87.8 Å². The van der Waals surface area contributed by atoms with E-state index in [9.17, 15) is 13.2 Å². The van der Waals surface area contributed by atoms with Gasteiger partial charge in [-0.15, -0.1) is 0 Å². The maximum absolute atomic E-state index is 11.6. The van der Waals surface area contributed by atoms with Gasteiger partial charge in [0.05, 0.1) is 13.3 Å². The molecule has 1 heterocycles. The minimum Gasteiger partial charge on any atom is -0.493 e. The Kier molecular flexibility index (Phi) is 3.13. The maximum atomic E-state index is 11.6. The Hall–Kier alpha value is -1.37. The lowest BCUT2D eigenvalue weighted by Crippen LogP contribution is -2.18. The molecule has 0 saturated heterocycles. The molecule has 0 aromatic carbocycles. The van der Waals surface area contributed by atoms with E-state index in [0.717, 1.165) is 6.26 Å². The summed E-state index contributed by atoms with van der Waals surface area (Å²) in [6.45, 7) is 0. The number of aromatic nitrogens is 2. The van der Waals surface area contributed by atoms with Gasteiger partial charge in [0.25, 0.3) is 0 Å². The topological polar surface area (TPSA) is 78.3 Å². The molecule has 0 atom stereocenters. The summed E-state index contributed by atoms with van der Waals surface area (Å²) in [5.41, 5.74) is 0.169. The van der Waals surface area contributed by atoms with Crippen molar-refractivity contribution in [3.8, 4) is 5.75 Å². The second-order valence-electron chi connectivity index (χ2n) is 3.18. The number of Topliss-reactive ketones (excluding diaryl/α,β-unsaturated/α-hetero) is 1. The van der Waals surface area contributed by atoms with Gasteiger partial charge in [-0.3, -0.25) is 9.48 Å². The normalized spacial score (nSPS) is 11.4. The molecular weight excluding hydrogens is 220 g/mol. The van der Waals surface area contributed by atoms with Gasteiger partial charge in [-0.25, -0.2) is 8.42 Å². The van der Waals surface area contributed by atoms with E-state index in [2.05, 4.69) is 5.10 Å². The van der Waals surface area contributed by atoms with Crippen molar-refractivity contribution in [3.05, 3.63) is 11.9 Å². The molecule has 0 bridgehead atoms. The van der Waals surface area contributed by atoms with Crippen molar-refractivity contribution in [2.75, 3.05) is 19.1 Å². The third-order valence-corrected chi connectivity index (χ3v) is 2.57. The molecule has 0 aliphatic heterocycles. The molecule has 0 radical (unpaired) electrons. The monoisotopic (exact) mass is 232 g/mol. The summed E-state index contributed by atoms with van der Waals surface area (Å²) < 4.78 is 28.1. The number of aryl methyl sites for hydroxylation is 1. The van der Waals surface area contributed by atoms with Crippen molar-refractivity contribution < 1.29 is 17.9 Å². The summed E-state index contributed by atoms with van der Waals surface area (Å²) in [7, 11) is -0.387. The number of sulfone groups is 1. The minimum atomic E-state index is -3.34. The number of carbonyl (C=O) groups is 1. The summed E-state index contributed by atoms with van der Waals surface area (Å²) in [5.74, 6) is -0.774. The Morgan fingerprint density at radius 2 is 2.20 bits per heavy atom. The van der Waals surface area contributed by atoms with Crippen molar-refractivity contribution in [2.45, 2.75) is 0 Å². The van der Waals surface area contributed by atoms with Crippen LogP contribution < -0.4 is 4.74 Å². The van der Waals surface area contributed by atoms with E-state index in [1.54, 1.807) is 7.05 Å². The molecule has 15 heavy (non-hydrogen) atoms. The molecule has 7 heteroatoms. The van der Waals surface area contributed by atoms with Crippen LogP contribution in [0, 0.1) is 0 Å². The van der Waals surface area contributed by atoms with Crippen molar-refractivity contribution in [2.24, 2.45) is 7.05 Å². The number of hydrogen-bond donors (Lipinski definition) is 0. The lowest BCUT2D eigenvalue weighted by molar-refractivity contribution is 0.100. The zero-order chi connectivity index (χ0) is 11.6. The second-order valence-corrected chi connectivity index (χ2v) is 5.32. The van der Waals surface area contributed by atoms with Crippen molar-refractivity contribution in [1.82, 2.24) is 9.78 Å². The van der Waals surface area contributed by atoms with Gasteiger partial charge in [-0.2, -0.15) is 5.10 Å². The molecule has 1 aromatic rings. The van der Waals surface area contributed by atoms with Gasteiger partial charge in [0.1, 0.15) is 11.4 Å². The first kappa shape index (κ1) is 11.7. The van der Waals surface area contributed by atoms with Crippen LogP contribution in [0.15, 0.2) is 6.20 Å². The highest BCUT2D eigenvalue weighted by Crippen LogP contribution is 2.17. The zero-order valence-corrected chi connectivity index (χ0v) is 9.54. The lowest BCUT2D eigenvalue weighted by atomic mass is 10.3. The maximum Gasteiger partial charge on any atom is 0.199 e. The molecule has 0 N–H and O–H groups in total. The number of ketones is 1. The van der Waals surface area contributed by atoms with Crippen LogP contribution in [0.4, 0.5) is 0 Å². The first-order valence-electron chi connectivity index (χ1n) is 4.12. The van der Waals surface area contributed by atoms with Crippen LogP contribution in [0.1, 0.15) is 10.5 Å². The van der Waals surface area contributed by atoms with E-state index in [1.807, 2.05) is 0 Å². The van der Waals surface area contributed by atoms with E-state index < -0.39 is 21.4 Å². The van der Waals surface area contributed by atoms with Crippen LogP contribution in [0.3, 0.4) is 0 Å². The number of nitrogens with zero attached hydrogens (tertiary/aromatic N) is 2. The van der Waals surface area contributed by atoms with Gasteiger partial charge in [0, 0.05) is 13.3 Å². The zero-order valence-electron chi connectivity index (χ0n) is 8.72. The van der Waals surface area contributed by atoms with E-state index in [4.69, 9.17) is 4.74 Å². The Bertz CT molecular complexity index is 475. The quantitative estimate of drug-likeness (QED) is 0.663. The molecule has 6 nitrogen and oxygen atoms in total. The smallest absolute Gasteiger partial charge is 0.199 e. The second kappa shape index (κ2) is 4.01. The summed E-state index contributed by atoms with van der Waals surface area (Å²) in [5, 5.41) is 3.81. The summed E-state index contributed by atoms with van der Waals surface area (Å²) in [6, 6.07) is 0. The SMILES string of the molecule is COc1cnn(C)c1C(=O)CS(C)(=O)=O. The Morgan fingerprint density at radius 1 is 1.60 bits per heavy atom. The van der Waals surface area contributed by atoms with E-state index >= 15 is 0 Å². The molecule has 0 spiro atoms. The third-order valence-electron chi connectivity index (χ3n) is 1.78. The van der Waals surface area contributed by atoms with Crippen molar-refractivity contribution in [3.63, 3.8) is 0 Å². The first-order valence-corrected chi connectivity index (χ1v) is 6.18. The Balaban J connectivity index is 3.05. The summed E-state index contributed by atoms with van der Waals surface area (Å²) >= 11 is 0. The number of methoxy groups -OCH3 is 1. The lowest BCUT2D eigenvalue weighted by Gasteiger charge is -2.03. The van der Waals surface area contributed by atoms with E-state index in [-0.39, 0.29) is 11.4 Å². The van der Waals surface area contributed by atoms with Crippen molar-refractivity contribution in [1.29, 1.82) is 0 Å². The predicted molar refractivity (Wildman–Crippen MR) is 53.8 cm³/mol. The van der Waals surface area contributed by atoms with Crippen LogP contribution in [0.25, 0.3) is 0 Å². The van der Waals surface area contributed by atoms with Crippen molar-refractivity contribution >= 4 is 15.6 Å². The van der Waals surface area contributed by atoms with E-state index in [1.165, 1.54) is 18.0 Å². The highest BCUT2D eigenvalue weighted by Gasteiger charge is 2.21. The highest BCUT2D eigenvalue weighted by atomic mass is 32.2. The van der Waals surface area contributed by atoms with Gasteiger partial charge in [0.15, 0.2) is 21.4 Å². The molecular formula is C8H12N2O4S. The molecule has 0 aliphatic rings. The molecule has 1 rings (SSSR count). The first-order chi connectivity index (χ1) is 6.85. The molecule has 0 aliphatic carbocycles. The molecule has 84 valence electrons. The summed E-state index contributed by atoms with van der Waals surface area (Å²) in [4.78, 5) is 11.6. The van der Waals surface area contributed by atoms with Gasteiger partial charge >= 0.3 is 0 Å². The van der Waals surface area contributed by atoms with Gasteiger partial charge < -0.3 is 4.74 Å². The molecule has 1 aromatic heterocycles. The number of carbonyl (C=O) groups excluding carboxylic acids is 1. The standard InChI is InChI=1S/C8H12N2O4S/c1-10-8(7(14-2)4-9-10)6(11)5-15(3,12)13/h4H,5H2,1-3H3. The fraction of sp³-hybridized carbons (Fsp3) is 0.500. The molecule has 0 unspecified atom stereocenters. The minimum absolute atomic E-state index is 0.169. The molecule has 0 amide bonds. The number of rotatable bonds is 4. The van der Waals surface area contributed by atoms with Gasteiger partial charge in [-0.05, 0) is 0 Å². The average Bonchev–Trinajstić information content (AvgIpc) is 2.43. The van der Waals surface area contributed by atoms with Crippen LogP contribution in [0.5, 0.6) is 5.75 Å². The summed E-state index contributed by atoms with van der Waals surface area (Å²) in [6.07, 6.45) is 2.38. The number of hydrogen-bond acceptors (Lipinski definition) is 5. The fourth-order valence-corrected chi connectivity index (χ4v) is 1.80. The van der Waals surface area contributed by atoms with Crippen LogP contribution in [-0.2, 0) is 16.9 Å². The Morgan fingerprint density at radius 3 is 2.67 bits per heavy atom. The van der Waals surface area contributed by atoms with Gasteiger partial charge in [0.2, 0.25) is 0 Å². The van der Waals surface area contributed by atoms with Crippen LogP contribution >= 0.6 is 0 Å².